The molecular weight excluding hydrogens is 294 g/mol. The standard InChI is InChI=1S/C21H25N3/c1-2-7-17(8-3-1)12-13-21-23-19-10-4-5-11-20(19)24(21)16-18-9-6-14-22-15-18/h1-5,7-8,10-11,18,22H,6,9,12-16H2. The van der Waals surface area contributed by atoms with Crippen LogP contribution in [0.4, 0.5) is 0 Å². The SMILES string of the molecule is c1ccc(CCc2nc3ccccc3n2CC2CCCNC2)cc1. The van der Waals surface area contributed by atoms with Crippen molar-refractivity contribution in [2.45, 2.75) is 32.2 Å². The Labute approximate surface area is 143 Å². The summed E-state index contributed by atoms with van der Waals surface area (Å²) in [6.45, 7) is 3.38. The monoisotopic (exact) mass is 319 g/mol. The number of imidazole rings is 1. The average molecular weight is 319 g/mol. The molecule has 2 heterocycles. The van der Waals surface area contributed by atoms with Gasteiger partial charge in [-0.1, -0.05) is 42.5 Å². The molecular formula is C21H25N3. The lowest BCUT2D eigenvalue weighted by Gasteiger charge is -2.24. The van der Waals surface area contributed by atoms with Gasteiger partial charge in [-0.3, -0.25) is 0 Å². The van der Waals surface area contributed by atoms with Crippen LogP contribution in [-0.4, -0.2) is 22.6 Å². The van der Waals surface area contributed by atoms with E-state index in [2.05, 4.69) is 64.5 Å². The Kier molecular flexibility index (Phi) is 4.61. The maximum absolute atomic E-state index is 4.94. The van der Waals surface area contributed by atoms with Crippen molar-refractivity contribution in [2.24, 2.45) is 5.92 Å². The number of hydrogen-bond acceptors (Lipinski definition) is 2. The molecule has 1 fully saturated rings. The summed E-state index contributed by atoms with van der Waals surface area (Å²) in [7, 11) is 0. The molecule has 3 nitrogen and oxygen atoms in total. The van der Waals surface area contributed by atoms with Crippen LogP contribution in [0.25, 0.3) is 11.0 Å². The zero-order valence-corrected chi connectivity index (χ0v) is 14.1. The van der Waals surface area contributed by atoms with Crippen LogP contribution >= 0.6 is 0 Å². The number of aryl methyl sites for hydroxylation is 2. The summed E-state index contributed by atoms with van der Waals surface area (Å²) in [5.41, 5.74) is 3.80. The van der Waals surface area contributed by atoms with Gasteiger partial charge in [0.25, 0.3) is 0 Å². The van der Waals surface area contributed by atoms with Gasteiger partial charge in [-0.05, 0) is 56.0 Å². The van der Waals surface area contributed by atoms with Crippen LogP contribution in [0.15, 0.2) is 54.6 Å². The number of hydrogen-bond donors (Lipinski definition) is 1. The van der Waals surface area contributed by atoms with E-state index in [0.717, 1.165) is 31.4 Å². The van der Waals surface area contributed by atoms with Gasteiger partial charge in [-0.2, -0.15) is 0 Å². The van der Waals surface area contributed by atoms with Crippen molar-refractivity contribution in [3.8, 4) is 0 Å². The van der Waals surface area contributed by atoms with E-state index >= 15 is 0 Å². The number of fused-ring (bicyclic) bond motifs is 1. The number of rotatable bonds is 5. The molecule has 3 aromatic rings. The summed E-state index contributed by atoms with van der Waals surface area (Å²) in [5.74, 6) is 1.94. The largest absolute Gasteiger partial charge is 0.328 e. The summed E-state index contributed by atoms with van der Waals surface area (Å²) >= 11 is 0. The smallest absolute Gasteiger partial charge is 0.110 e. The second-order valence-corrected chi connectivity index (χ2v) is 6.83. The van der Waals surface area contributed by atoms with Crippen molar-refractivity contribution in [3.63, 3.8) is 0 Å². The quantitative estimate of drug-likeness (QED) is 0.775. The molecule has 124 valence electrons. The first-order valence-electron chi connectivity index (χ1n) is 9.09. The van der Waals surface area contributed by atoms with Gasteiger partial charge >= 0.3 is 0 Å². The van der Waals surface area contributed by atoms with Crippen LogP contribution in [0.3, 0.4) is 0 Å². The third kappa shape index (κ3) is 3.36. The molecule has 4 rings (SSSR count). The predicted molar refractivity (Wildman–Crippen MR) is 99.2 cm³/mol. The fraction of sp³-hybridized carbons (Fsp3) is 0.381. The van der Waals surface area contributed by atoms with Crippen LogP contribution in [-0.2, 0) is 19.4 Å². The first-order valence-corrected chi connectivity index (χ1v) is 9.09. The average Bonchev–Trinajstić information content (AvgIpc) is 2.99. The highest BCUT2D eigenvalue weighted by Crippen LogP contribution is 2.21. The highest BCUT2D eigenvalue weighted by Gasteiger charge is 2.17. The van der Waals surface area contributed by atoms with Crippen molar-refractivity contribution in [1.29, 1.82) is 0 Å². The van der Waals surface area contributed by atoms with Gasteiger partial charge in [0.1, 0.15) is 5.82 Å². The van der Waals surface area contributed by atoms with Gasteiger partial charge in [-0.25, -0.2) is 4.98 Å². The summed E-state index contributed by atoms with van der Waals surface area (Å²) in [4.78, 5) is 4.94. The van der Waals surface area contributed by atoms with E-state index in [4.69, 9.17) is 4.98 Å². The van der Waals surface area contributed by atoms with E-state index in [1.54, 1.807) is 0 Å². The Bertz CT molecular complexity index is 785. The summed E-state index contributed by atoms with van der Waals surface area (Å²) < 4.78 is 2.47. The minimum absolute atomic E-state index is 0.715. The van der Waals surface area contributed by atoms with Crippen molar-refractivity contribution >= 4 is 11.0 Å². The molecule has 1 aromatic heterocycles. The summed E-state index contributed by atoms with van der Waals surface area (Å²) in [5, 5.41) is 3.54. The van der Waals surface area contributed by atoms with E-state index < -0.39 is 0 Å². The van der Waals surface area contributed by atoms with Crippen molar-refractivity contribution in [2.75, 3.05) is 13.1 Å². The Morgan fingerprint density at radius 1 is 1.00 bits per heavy atom. The molecule has 24 heavy (non-hydrogen) atoms. The highest BCUT2D eigenvalue weighted by atomic mass is 15.1. The fourth-order valence-electron chi connectivity index (χ4n) is 3.76. The van der Waals surface area contributed by atoms with E-state index in [1.807, 2.05) is 0 Å². The van der Waals surface area contributed by atoms with Crippen LogP contribution < -0.4 is 5.32 Å². The summed E-state index contributed by atoms with van der Waals surface area (Å²) in [6, 6.07) is 19.3. The third-order valence-corrected chi connectivity index (χ3v) is 5.05. The van der Waals surface area contributed by atoms with Crippen molar-refractivity contribution in [1.82, 2.24) is 14.9 Å². The number of aromatic nitrogens is 2. The molecule has 0 amide bonds. The van der Waals surface area contributed by atoms with Crippen LogP contribution in [0, 0.1) is 5.92 Å². The van der Waals surface area contributed by atoms with Gasteiger partial charge in [0.05, 0.1) is 11.0 Å². The zero-order chi connectivity index (χ0) is 16.2. The molecule has 0 spiro atoms. The first-order chi connectivity index (χ1) is 11.9. The Morgan fingerprint density at radius 3 is 2.67 bits per heavy atom. The molecule has 1 aliphatic heterocycles. The minimum Gasteiger partial charge on any atom is -0.328 e. The van der Waals surface area contributed by atoms with Crippen molar-refractivity contribution in [3.05, 3.63) is 66.0 Å². The number of nitrogens with one attached hydrogen (secondary N) is 1. The Balaban J connectivity index is 1.59. The van der Waals surface area contributed by atoms with Crippen LogP contribution in [0.5, 0.6) is 0 Å². The highest BCUT2D eigenvalue weighted by molar-refractivity contribution is 5.75. The first kappa shape index (κ1) is 15.4. The molecule has 1 aliphatic rings. The molecule has 0 aliphatic carbocycles. The molecule has 2 aromatic carbocycles. The Hall–Kier alpha value is -2.13. The second-order valence-electron chi connectivity index (χ2n) is 6.83. The molecule has 1 saturated heterocycles. The minimum atomic E-state index is 0.715. The summed E-state index contributed by atoms with van der Waals surface area (Å²) in [6.07, 6.45) is 4.65. The lowest BCUT2D eigenvalue weighted by molar-refractivity contribution is 0.337. The number of para-hydroxylation sites is 2. The molecule has 0 saturated carbocycles. The fourth-order valence-corrected chi connectivity index (χ4v) is 3.76. The van der Waals surface area contributed by atoms with Crippen LogP contribution in [0.2, 0.25) is 0 Å². The van der Waals surface area contributed by atoms with Gasteiger partial charge in [0, 0.05) is 13.0 Å². The van der Waals surface area contributed by atoms with E-state index in [0.29, 0.717) is 5.92 Å². The molecule has 1 N–H and O–H groups in total. The maximum Gasteiger partial charge on any atom is 0.110 e. The maximum atomic E-state index is 4.94. The van der Waals surface area contributed by atoms with Crippen LogP contribution in [0.1, 0.15) is 24.2 Å². The second kappa shape index (κ2) is 7.18. The Morgan fingerprint density at radius 2 is 1.83 bits per heavy atom. The lowest BCUT2D eigenvalue weighted by Crippen LogP contribution is -2.32. The molecule has 3 heteroatoms. The topological polar surface area (TPSA) is 29.9 Å². The van der Waals surface area contributed by atoms with Gasteiger partial charge in [0.2, 0.25) is 0 Å². The van der Waals surface area contributed by atoms with Gasteiger partial charge < -0.3 is 9.88 Å². The van der Waals surface area contributed by atoms with Gasteiger partial charge in [0.15, 0.2) is 0 Å². The number of benzene rings is 2. The molecule has 0 bridgehead atoms. The number of nitrogens with zero attached hydrogens (tertiary/aromatic N) is 2. The van der Waals surface area contributed by atoms with E-state index in [1.165, 1.54) is 36.3 Å². The predicted octanol–water partition coefficient (Wildman–Crippen LogP) is 3.82. The zero-order valence-electron chi connectivity index (χ0n) is 14.1. The number of piperidine rings is 1. The normalized spacial score (nSPS) is 18.1. The lowest BCUT2D eigenvalue weighted by atomic mass is 9.99. The van der Waals surface area contributed by atoms with Crippen molar-refractivity contribution < 1.29 is 0 Å². The molecule has 0 radical (unpaired) electrons. The molecule has 1 unspecified atom stereocenters. The third-order valence-electron chi connectivity index (χ3n) is 5.05. The van der Waals surface area contributed by atoms with Gasteiger partial charge in [-0.15, -0.1) is 0 Å². The van der Waals surface area contributed by atoms with E-state index in [-0.39, 0.29) is 0 Å². The molecule has 1 atom stereocenters. The van der Waals surface area contributed by atoms with E-state index in [9.17, 15) is 0 Å².